The quantitative estimate of drug-likeness (QED) is 0.439. The zero-order valence-electron chi connectivity index (χ0n) is 10.4. The van der Waals surface area contributed by atoms with E-state index in [4.69, 9.17) is 11.6 Å². The third-order valence-corrected chi connectivity index (χ3v) is 2.51. The molecule has 0 aromatic heterocycles. The van der Waals surface area contributed by atoms with Gasteiger partial charge in [0.25, 0.3) is 0 Å². The minimum atomic E-state index is -0.807. The van der Waals surface area contributed by atoms with Gasteiger partial charge in [-0.1, -0.05) is 27.7 Å². The lowest BCUT2D eigenvalue weighted by Crippen LogP contribution is -2.28. The third-order valence-electron chi connectivity index (χ3n) is 1.90. The summed E-state index contributed by atoms with van der Waals surface area (Å²) in [7, 11) is 0. The van der Waals surface area contributed by atoms with Crippen LogP contribution in [-0.2, 0) is 19.4 Å². The van der Waals surface area contributed by atoms with Gasteiger partial charge in [-0.15, -0.1) is 11.6 Å². The summed E-state index contributed by atoms with van der Waals surface area (Å²) in [4.78, 5) is 30.2. The van der Waals surface area contributed by atoms with Crippen LogP contribution in [0, 0.1) is 11.3 Å². The molecule has 0 fully saturated rings. The van der Waals surface area contributed by atoms with Crippen LogP contribution in [-0.4, -0.2) is 17.3 Å². The summed E-state index contributed by atoms with van der Waals surface area (Å²) in [6.07, 6.45) is 0.774. The first-order valence-electron chi connectivity index (χ1n) is 5.16. The highest BCUT2D eigenvalue weighted by molar-refractivity contribution is 6.30. The fourth-order valence-corrected chi connectivity index (χ4v) is 1.57. The first-order valence-corrected chi connectivity index (χ1v) is 5.60. The van der Waals surface area contributed by atoms with E-state index in [0.717, 1.165) is 13.3 Å². The predicted octanol–water partition coefficient (Wildman–Crippen LogP) is 2.69. The Kier molecular flexibility index (Phi) is 5.79. The maximum absolute atomic E-state index is 11.3. The number of carbonyl (C=O) groups excluding carboxylic acids is 2. The Bertz CT molecular complexity index is 257. The molecule has 2 unspecified atom stereocenters. The standard InChI is InChI=1S/C11H19ClO4/c1-7(6-11(3,4)5)9(12)10(14)16-15-8(2)13/h7,9H,6H2,1-5H3. The van der Waals surface area contributed by atoms with Crippen molar-refractivity contribution in [2.45, 2.75) is 46.4 Å². The molecule has 0 aliphatic carbocycles. The summed E-state index contributed by atoms with van der Waals surface area (Å²) < 4.78 is 0. The first kappa shape index (κ1) is 15.2. The van der Waals surface area contributed by atoms with Crippen molar-refractivity contribution in [3.05, 3.63) is 0 Å². The van der Waals surface area contributed by atoms with E-state index < -0.39 is 17.3 Å². The van der Waals surface area contributed by atoms with Crippen LogP contribution in [0.2, 0.25) is 0 Å². The van der Waals surface area contributed by atoms with Crippen molar-refractivity contribution in [2.24, 2.45) is 11.3 Å². The highest BCUT2D eigenvalue weighted by Crippen LogP contribution is 2.28. The Morgan fingerprint density at radius 2 is 1.75 bits per heavy atom. The number of hydrogen-bond acceptors (Lipinski definition) is 4. The summed E-state index contributed by atoms with van der Waals surface area (Å²) in [6, 6.07) is 0. The van der Waals surface area contributed by atoms with Gasteiger partial charge in [0.15, 0.2) is 0 Å². The minimum absolute atomic E-state index is 0.0512. The molecule has 4 nitrogen and oxygen atoms in total. The number of carbonyl (C=O) groups is 2. The molecule has 0 aliphatic rings. The van der Waals surface area contributed by atoms with Gasteiger partial charge < -0.3 is 0 Å². The summed E-state index contributed by atoms with van der Waals surface area (Å²) in [6.45, 7) is 9.19. The van der Waals surface area contributed by atoms with Crippen molar-refractivity contribution in [1.29, 1.82) is 0 Å². The molecule has 0 aromatic rings. The third kappa shape index (κ3) is 6.67. The summed E-state index contributed by atoms with van der Waals surface area (Å²) in [5, 5.41) is -0.807. The van der Waals surface area contributed by atoms with Gasteiger partial charge in [-0.2, -0.15) is 0 Å². The van der Waals surface area contributed by atoms with E-state index in [1.807, 2.05) is 6.92 Å². The van der Waals surface area contributed by atoms with E-state index >= 15 is 0 Å². The van der Waals surface area contributed by atoms with Gasteiger partial charge in [-0.25, -0.2) is 19.4 Å². The second-order valence-corrected chi connectivity index (χ2v) is 5.59. The smallest absolute Gasteiger partial charge is 0.248 e. The number of alkyl halides is 1. The van der Waals surface area contributed by atoms with Gasteiger partial charge in [0.1, 0.15) is 5.38 Å². The van der Waals surface area contributed by atoms with Gasteiger partial charge in [0.05, 0.1) is 0 Å². The van der Waals surface area contributed by atoms with E-state index in [-0.39, 0.29) is 11.3 Å². The van der Waals surface area contributed by atoms with Crippen molar-refractivity contribution in [3.63, 3.8) is 0 Å². The molecule has 0 rings (SSSR count). The minimum Gasteiger partial charge on any atom is -0.248 e. The van der Waals surface area contributed by atoms with Gasteiger partial charge in [0, 0.05) is 6.92 Å². The number of halogens is 1. The normalized spacial score (nSPS) is 15.1. The van der Waals surface area contributed by atoms with Crippen molar-refractivity contribution < 1.29 is 19.4 Å². The van der Waals surface area contributed by atoms with Crippen LogP contribution in [0.25, 0.3) is 0 Å². The number of hydrogen-bond donors (Lipinski definition) is 0. The van der Waals surface area contributed by atoms with Gasteiger partial charge in [-0.3, -0.25) is 0 Å². The molecule has 0 aromatic carbocycles. The van der Waals surface area contributed by atoms with Gasteiger partial charge >= 0.3 is 11.9 Å². The SMILES string of the molecule is CC(=O)OOC(=O)C(Cl)C(C)CC(C)(C)C. The largest absolute Gasteiger partial charge is 0.373 e. The van der Waals surface area contributed by atoms with E-state index in [1.54, 1.807) is 0 Å². The molecule has 0 saturated carbocycles. The van der Waals surface area contributed by atoms with Crippen molar-refractivity contribution in [1.82, 2.24) is 0 Å². The summed E-state index contributed by atoms with van der Waals surface area (Å²) in [5.74, 6) is -1.46. The Balaban J connectivity index is 4.16. The van der Waals surface area contributed by atoms with Crippen LogP contribution in [0.4, 0.5) is 0 Å². The van der Waals surface area contributed by atoms with Crippen molar-refractivity contribution in [3.8, 4) is 0 Å². The van der Waals surface area contributed by atoms with Gasteiger partial charge in [0.2, 0.25) is 0 Å². The lowest BCUT2D eigenvalue weighted by molar-refractivity contribution is -0.257. The average Bonchev–Trinajstić information content (AvgIpc) is 2.10. The Morgan fingerprint density at radius 1 is 1.25 bits per heavy atom. The molecule has 0 saturated heterocycles. The Morgan fingerprint density at radius 3 is 2.12 bits per heavy atom. The molecule has 0 aliphatic heterocycles. The van der Waals surface area contributed by atoms with Crippen molar-refractivity contribution >= 4 is 23.5 Å². The molecular formula is C11H19ClO4. The molecule has 5 heteroatoms. The molecule has 0 spiro atoms. The van der Waals surface area contributed by atoms with E-state index in [0.29, 0.717) is 0 Å². The Hall–Kier alpha value is -0.770. The maximum Gasteiger partial charge on any atom is 0.373 e. The van der Waals surface area contributed by atoms with E-state index in [2.05, 4.69) is 30.5 Å². The summed E-state index contributed by atoms with van der Waals surface area (Å²) in [5.41, 5.74) is 0.0776. The predicted molar refractivity (Wildman–Crippen MR) is 60.7 cm³/mol. The lowest BCUT2D eigenvalue weighted by atomic mass is 9.84. The summed E-state index contributed by atoms with van der Waals surface area (Å²) >= 11 is 5.91. The molecule has 0 radical (unpaired) electrons. The lowest BCUT2D eigenvalue weighted by Gasteiger charge is -2.24. The molecular weight excluding hydrogens is 232 g/mol. The van der Waals surface area contributed by atoms with Crippen LogP contribution in [0.1, 0.15) is 41.0 Å². The zero-order valence-corrected chi connectivity index (χ0v) is 11.1. The van der Waals surface area contributed by atoms with Crippen LogP contribution >= 0.6 is 11.6 Å². The van der Waals surface area contributed by atoms with Crippen LogP contribution in [0.5, 0.6) is 0 Å². The Labute approximate surface area is 101 Å². The van der Waals surface area contributed by atoms with Crippen LogP contribution < -0.4 is 0 Å². The van der Waals surface area contributed by atoms with E-state index in [1.165, 1.54) is 0 Å². The molecule has 0 heterocycles. The van der Waals surface area contributed by atoms with Crippen LogP contribution in [0.3, 0.4) is 0 Å². The second kappa shape index (κ2) is 6.09. The molecule has 2 atom stereocenters. The molecule has 0 amide bonds. The fourth-order valence-electron chi connectivity index (χ4n) is 1.45. The second-order valence-electron chi connectivity index (χ2n) is 5.12. The molecule has 16 heavy (non-hydrogen) atoms. The maximum atomic E-state index is 11.3. The van der Waals surface area contributed by atoms with E-state index in [9.17, 15) is 9.59 Å². The van der Waals surface area contributed by atoms with Crippen LogP contribution in [0.15, 0.2) is 0 Å². The fraction of sp³-hybridized carbons (Fsp3) is 0.818. The first-order chi connectivity index (χ1) is 7.13. The highest BCUT2D eigenvalue weighted by atomic mass is 35.5. The molecule has 94 valence electrons. The average molecular weight is 251 g/mol. The molecule has 0 N–H and O–H groups in total. The van der Waals surface area contributed by atoms with Crippen molar-refractivity contribution in [2.75, 3.05) is 0 Å². The number of rotatable bonds is 3. The highest BCUT2D eigenvalue weighted by Gasteiger charge is 2.29. The monoisotopic (exact) mass is 250 g/mol. The molecule has 0 bridgehead atoms. The zero-order chi connectivity index (χ0) is 12.9. The van der Waals surface area contributed by atoms with Gasteiger partial charge in [-0.05, 0) is 17.8 Å². The topological polar surface area (TPSA) is 52.6 Å².